The first-order valence-electron chi connectivity index (χ1n) is 11.3. The Bertz CT molecular complexity index is 1020. The molecule has 0 aliphatic heterocycles. The molecule has 0 spiro atoms. The molecule has 1 aromatic heterocycles. The number of hydrogen-bond acceptors (Lipinski definition) is 5. The number of hydrogen-bond donors (Lipinski definition) is 7. The number of para-hydroxylation sites is 1. The van der Waals surface area contributed by atoms with Gasteiger partial charge in [-0.2, -0.15) is 0 Å². The number of carbonyl (C=O) groups excluding carboxylic acids is 2. The Kier molecular flexibility index (Phi) is 9.87. The maximum Gasteiger partial charge on any atom is 0.326 e. The van der Waals surface area contributed by atoms with Gasteiger partial charge in [-0.25, -0.2) is 4.79 Å². The predicted molar refractivity (Wildman–Crippen MR) is 131 cm³/mol. The highest BCUT2D eigenvalue weighted by Gasteiger charge is 2.31. The summed E-state index contributed by atoms with van der Waals surface area (Å²) in [5.74, 6) is -2.55. The Labute approximate surface area is 198 Å². The van der Waals surface area contributed by atoms with E-state index in [0.717, 1.165) is 16.5 Å². The number of aromatic nitrogens is 1. The van der Waals surface area contributed by atoms with E-state index in [1.54, 1.807) is 0 Å². The van der Waals surface area contributed by atoms with Gasteiger partial charge in [-0.05, 0) is 36.8 Å². The molecule has 0 fully saturated rings. The summed E-state index contributed by atoms with van der Waals surface area (Å²) in [5, 5.41) is 15.7. The van der Waals surface area contributed by atoms with Crippen molar-refractivity contribution in [2.45, 2.75) is 57.7 Å². The molecule has 0 saturated heterocycles. The van der Waals surface area contributed by atoms with Gasteiger partial charge in [-0.1, -0.05) is 38.5 Å². The third-order valence-electron chi connectivity index (χ3n) is 5.80. The molecular formula is C23H35N7O4. The van der Waals surface area contributed by atoms with Gasteiger partial charge in [0.2, 0.25) is 11.8 Å². The molecule has 2 rings (SSSR count). The molecule has 11 heteroatoms. The molecule has 1 aromatic carbocycles. The molecule has 34 heavy (non-hydrogen) atoms. The summed E-state index contributed by atoms with van der Waals surface area (Å²) in [7, 11) is 0. The highest BCUT2D eigenvalue weighted by Crippen LogP contribution is 2.19. The minimum atomic E-state index is -1.18. The number of aromatic amines is 1. The highest BCUT2D eigenvalue weighted by molar-refractivity contribution is 5.92. The van der Waals surface area contributed by atoms with Crippen LogP contribution in [0.1, 0.15) is 38.7 Å². The van der Waals surface area contributed by atoms with E-state index in [9.17, 15) is 19.5 Å². The van der Waals surface area contributed by atoms with Crippen molar-refractivity contribution in [1.29, 1.82) is 0 Å². The zero-order valence-corrected chi connectivity index (χ0v) is 19.6. The molecule has 0 aliphatic rings. The highest BCUT2D eigenvalue weighted by atomic mass is 16.4. The lowest BCUT2D eigenvalue weighted by atomic mass is 9.96. The van der Waals surface area contributed by atoms with Crippen LogP contribution in [0.4, 0.5) is 0 Å². The van der Waals surface area contributed by atoms with Crippen molar-refractivity contribution in [2.75, 3.05) is 6.54 Å². The van der Waals surface area contributed by atoms with Crippen molar-refractivity contribution >= 4 is 34.6 Å². The fourth-order valence-corrected chi connectivity index (χ4v) is 3.61. The standard InChI is InChI=1S/C23H35N7O4/c1-3-13(2)19(21(32)29-18(22(33)34)9-6-10-27-23(25)26)30-20(31)16(24)11-14-12-28-17-8-5-4-7-15(14)17/h4-5,7-8,12-13,16,18-19,28H,3,6,9-11,24H2,1-2H3,(H,29,32)(H,30,31)(H,33,34)(H4,25,26,27)/t13-,16-,18-,19-/m0/s1. The van der Waals surface area contributed by atoms with Gasteiger partial charge in [0.25, 0.3) is 0 Å². The Balaban J connectivity index is 2.03. The van der Waals surface area contributed by atoms with E-state index in [1.165, 1.54) is 0 Å². The first kappa shape index (κ1) is 26.7. The quantitative estimate of drug-likeness (QED) is 0.122. The number of nitrogens with two attached hydrogens (primary N) is 3. The third-order valence-corrected chi connectivity index (χ3v) is 5.80. The second-order valence-electron chi connectivity index (χ2n) is 8.39. The number of benzene rings is 1. The Hall–Kier alpha value is -3.60. The lowest BCUT2D eigenvalue weighted by molar-refractivity contribution is -0.142. The van der Waals surface area contributed by atoms with Crippen LogP contribution in [0.5, 0.6) is 0 Å². The maximum absolute atomic E-state index is 12.9. The average Bonchev–Trinajstić information content (AvgIpc) is 3.21. The fourth-order valence-electron chi connectivity index (χ4n) is 3.61. The number of aliphatic imine (C=N–C) groups is 1. The number of guanidine groups is 1. The van der Waals surface area contributed by atoms with Crippen LogP contribution in [-0.4, -0.2) is 58.5 Å². The number of carboxylic acids is 1. The monoisotopic (exact) mass is 473 g/mol. The summed E-state index contributed by atoms with van der Waals surface area (Å²) < 4.78 is 0. The molecule has 0 bridgehead atoms. The van der Waals surface area contributed by atoms with Crippen LogP contribution in [0, 0.1) is 5.92 Å². The maximum atomic E-state index is 12.9. The van der Waals surface area contributed by atoms with Crippen molar-refractivity contribution in [1.82, 2.24) is 15.6 Å². The summed E-state index contributed by atoms with van der Waals surface area (Å²) in [6.07, 6.45) is 3.20. The topological polar surface area (TPSA) is 202 Å². The summed E-state index contributed by atoms with van der Waals surface area (Å²) in [4.78, 5) is 44.4. The molecule has 2 aromatic rings. The molecule has 11 nitrogen and oxygen atoms in total. The molecule has 10 N–H and O–H groups in total. The molecule has 2 amide bonds. The van der Waals surface area contributed by atoms with Crippen LogP contribution < -0.4 is 27.8 Å². The molecule has 186 valence electrons. The van der Waals surface area contributed by atoms with Crippen molar-refractivity contribution in [2.24, 2.45) is 28.1 Å². The number of carboxylic acid groups (broad SMARTS) is 1. The van der Waals surface area contributed by atoms with Gasteiger partial charge in [0.15, 0.2) is 5.96 Å². The van der Waals surface area contributed by atoms with E-state index in [4.69, 9.17) is 17.2 Å². The van der Waals surface area contributed by atoms with Crippen LogP contribution in [0.25, 0.3) is 10.9 Å². The van der Waals surface area contributed by atoms with E-state index in [1.807, 2.05) is 44.3 Å². The number of amides is 2. The van der Waals surface area contributed by atoms with Gasteiger partial charge in [0.1, 0.15) is 12.1 Å². The van der Waals surface area contributed by atoms with Gasteiger partial charge in [0, 0.05) is 23.6 Å². The summed E-state index contributed by atoms with van der Waals surface area (Å²) in [5.41, 5.74) is 18.5. The number of nitrogens with one attached hydrogen (secondary N) is 3. The zero-order valence-electron chi connectivity index (χ0n) is 19.6. The lowest BCUT2D eigenvalue weighted by Crippen LogP contribution is -2.56. The zero-order chi connectivity index (χ0) is 25.3. The largest absolute Gasteiger partial charge is 0.480 e. The number of carbonyl (C=O) groups is 3. The van der Waals surface area contributed by atoms with E-state index < -0.39 is 35.9 Å². The minimum Gasteiger partial charge on any atom is -0.480 e. The molecule has 0 unspecified atom stereocenters. The van der Waals surface area contributed by atoms with Crippen LogP contribution in [-0.2, 0) is 20.8 Å². The van der Waals surface area contributed by atoms with Crippen LogP contribution in [0.15, 0.2) is 35.5 Å². The van der Waals surface area contributed by atoms with Gasteiger partial charge in [0.05, 0.1) is 6.04 Å². The summed E-state index contributed by atoms with van der Waals surface area (Å²) in [6.45, 7) is 3.94. The Morgan fingerprint density at radius 1 is 1.15 bits per heavy atom. The number of H-pyrrole nitrogens is 1. The van der Waals surface area contributed by atoms with Crippen LogP contribution >= 0.6 is 0 Å². The van der Waals surface area contributed by atoms with Gasteiger partial charge >= 0.3 is 5.97 Å². The molecule has 4 atom stereocenters. The molecule has 0 aliphatic carbocycles. The fraction of sp³-hybridized carbons (Fsp3) is 0.478. The van der Waals surface area contributed by atoms with E-state index >= 15 is 0 Å². The Morgan fingerprint density at radius 2 is 1.85 bits per heavy atom. The van der Waals surface area contributed by atoms with E-state index in [-0.39, 0.29) is 31.3 Å². The van der Waals surface area contributed by atoms with E-state index in [2.05, 4.69) is 20.6 Å². The second-order valence-corrected chi connectivity index (χ2v) is 8.39. The first-order chi connectivity index (χ1) is 16.1. The third kappa shape index (κ3) is 7.48. The lowest BCUT2D eigenvalue weighted by Gasteiger charge is -2.26. The molecule has 1 heterocycles. The van der Waals surface area contributed by atoms with Gasteiger partial charge in [-0.15, -0.1) is 0 Å². The van der Waals surface area contributed by atoms with Gasteiger partial charge < -0.3 is 37.9 Å². The minimum absolute atomic E-state index is 0.0839. The van der Waals surface area contributed by atoms with Crippen LogP contribution in [0.2, 0.25) is 0 Å². The summed E-state index contributed by atoms with van der Waals surface area (Å²) in [6, 6.07) is 4.76. The number of nitrogens with zero attached hydrogens (tertiary/aromatic N) is 1. The molecule has 0 saturated carbocycles. The van der Waals surface area contributed by atoms with E-state index in [0.29, 0.717) is 12.8 Å². The number of rotatable bonds is 13. The second kappa shape index (κ2) is 12.6. The first-order valence-corrected chi connectivity index (χ1v) is 11.3. The Morgan fingerprint density at radius 3 is 2.50 bits per heavy atom. The molecule has 0 radical (unpaired) electrons. The molecular weight excluding hydrogens is 438 g/mol. The summed E-state index contributed by atoms with van der Waals surface area (Å²) >= 11 is 0. The van der Waals surface area contributed by atoms with Crippen molar-refractivity contribution in [3.05, 3.63) is 36.0 Å². The van der Waals surface area contributed by atoms with Crippen molar-refractivity contribution in [3.8, 4) is 0 Å². The number of fused-ring (bicyclic) bond motifs is 1. The normalized spacial score (nSPS) is 14.6. The number of aliphatic carboxylic acids is 1. The van der Waals surface area contributed by atoms with Crippen molar-refractivity contribution in [3.63, 3.8) is 0 Å². The smallest absolute Gasteiger partial charge is 0.326 e. The SMILES string of the molecule is CC[C@H](C)[C@H](NC(=O)[C@@H](N)Cc1c[nH]c2ccccc12)C(=O)N[C@@H](CCCN=C(N)N)C(=O)O. The predicted octanol–water partition coefficient (Wildman–Crippen LogP) is 0.192. The van der Waals surface area contributed by atoms with Crippen LogP contribution in [0.3, 0.4) is 0 Å². The van der Waals surface area contributed by atoms with Crippen molar-refractivity contribution < 1.29 is 19.5 Å². The average molecular weight is 474 g/mol. The van der Waals surface area contributed by atoms with Gasteiger partial charge in [-0.3, -0.25) is 14.6 Å².